The van der Waals surface area contributed by atoms with Crippen LogP contribution in [0.4, 0.5) is 0 Å². The van der Waals surface area contributed by atoms with Crippen molar-refractivity contribution in [3.63, 3.8) is 0 Å². The van der Waals surface area contributed by atoms with E-state index in [4.69, 9.17) is 29.5 Å². The third kappa shape index (κ3) is 37.9. The molecule has 3 amide bonds. The van der Waals surface area contributed by atoms with E-state index in [9.17, 15) is 28.8 Å². The third-order valence-corrected chi connectivity index (χ3v) is 8.19. The van der Waals surface area contributed by atoms with Gasteiger partial charge in [-0.3, -0.25) is 28.8 Å². The first-order valence-electron chi connectivity index (χ1n) is 19.3. The van der Waals surface area contributed by atoms with Crippen LogP contribution in [0.3, 0.4) is 0 Å². The van der Waals surface area contributed by atoms with Gasteiger partial charge in [-0.2, -0.15) is 0 Å². The first kappa shape index (κ1) is 48.7. The zero-order valence-electron chi connectivity index (χ0n) is 31.3. The fraction of sp³-hybridized carbons (Fsp3) is 0.838. The van der Waals surface area contributed by atoms with E-state index < -0.39 is 17.9 Å². The SMILES string of the molecule is O=C(O)CCCCCCCNC(=O)CCOCCC(COCCC(=O)NCCCCCCCC(=O)O)OCCC(=O)NCCCCCCCC(=O)O. The van der Waals surface area contributed by atoms with E-state index in [1.54, 1.807) is 0 Å². The minimum Gasteiger partial charge on any atom is -0.481 e. The molecule has 0 aliphatic heterocycles. The van der Waals surface area contributed by atoms with Gasteiger partial charge in [-0.15, -0.1) is 0 Å². The molecule has 15 nitrogen and oxygen atoms in total. The summed E-state index contributed by atoms with van der Waals surface area (Å²) in [4.78, 5) is 68.2. The quantitative estimate of drug-likeness (QED) is 0.0475. The molecule has 52 heavy (non-hydrogen) atoms. The fourth-order valence-corrected chi connectivity index (χ4v) is 5.14. The van der Waals surface area contributed by atoms with Crippen molar-refractivity contribution in [2.24, 2.45) is 0 Å². The zero-order chi connectivity index (χ0) is 38.5. The third-order valence-electron chi connectivity index (χ3n) is 8.19. The van der Waals surface area contributed by atoms with Crippen LogP contribution in [0.15, 0.2) is 0 Å². The smallest absolute Gasteiger partial charge is 0.303 e. The molecule has 0 saturated heterocycles. The van der Waals surface area contributed by atoms with E-state index >= 15 is 0 Å². The second-order valence-electron chi connectivity index (χ2n) is 13.0. The molecular formula is C37H67N3O12. The van der Waals surface area contributed by atoms with Crippen LogP contribution in [0.2, 0.25) is 0 Å². The predicted molar refractivity (Wildman–Crippen MR) is 195 cm³/mol. The minimum absolute atomic E-state index is 0.0970. The molecule has 0 aromatic carbocycles. The van der Waals surface area contributed by atoms with Crippen molar-refractivity contribution in [1.82, 2.24) is 16.0 Å². The molecule has 0 saturated carbocycles. The fourth-order valence-electron chi connectivity index (χ4n) is 5.14. The van der Waals surface area contributed by atoms with Crippen LogP contribution in [-0.2, 0) is 43.0 Å². The maximum Gasteiger partial charge on any atom is 0.303 e. The Labute approximate surface area is 309 Å². The van der Waals surface area contributed by atoms with E-state index in [-0.39, 0.29) is 88.8 Å². The van der Waals surface area contributed by atoms with Crippen LogP contribution in [0, 0.1) is 0 Å². The average Bonchev–Trinajstić information content (AvgIpc) is 3.09. The summed E-state index contributed by atoms with van der Waals surface area (Å²) in [5.41, 5.74) is 0. The number of carbonyl (C=O) groups excluding carboxylic acids is 3. The summed E-state index contributed by atoms with van der Waals surface area (Å²) in [5.74, 6) is -2.67. The molecule has 0 spiro atoms. The molecule has 0 aromatic rings. The molecule has 0 radical (unpaired) electrons. The van der Waals surface area contributed by atoms with Gasteiger partial charge < -0.3 is 45.5 Å². The summed E-state index contributed by atoms with van der Waals surface area (Å²) in [6.45, 7) is 2.87. The van der Waals surface area contributed by atoms with Crippen molar-refractivity contribution >= 4 is 35.6 Å². The van der Waals surface area contributed by atoms with E-state index in [0.29, 0.717) is 51.9 Å². The molecule has 0 aliphatic carbocycles. The molecule has 0 aliphatic rings. The van der Waals surface area contributed by atoms with E-state index in [2.05, 4.69) is 16.0 Å². The minimum atomic E-state index is -0.780. The van der Waals surface area contributed by atoms with Crippen molar-refractivity contribution in [3.05, 3.63) is 0 Å². The van der Waals surface area contributed by atoms with Crippen LogP contribution in [0.1, 0.15) is 141 Å². The van der Waals surface area contributed by atoms with Gasteiger partial charge in [0, 0.05) is 64.8 Å². The molecule has 302 valence electrons. The van der Waals surface area contributed by atoms with Gasteiger partial charge in [0.25, 0.3) is 0 Å². The highest BCUT2D eigenvalue weighted by molar-refractivity contribution is 5.76. The number of hydrogen-bond acceptors (Lipinski definition) is 9. The van der Waals surface area contributed by atoms with Crippen molar-refractivity contribution in [3.8, 4) is 0 Å². The number of carboxylic acid groups (broad SMARTS) is 3. The standard InChI is InChI=1S/C37H67N3O12/c41-32(38-23-13-7-1-4-10-16-35(44)45)20-27-50-26-19-31(52-29-22-34(43)40-25-15-9-3-6-12-18-37(48)49)30-51-28-21-33(42)39-24-14-8-2-5-11-17-36(46)47/h31H,1-30H2,(H,38,41)(H,39,42)(H,40,43)(H,44,45)(H,46,47)(H,48,49). The van der Waals surface area contributed by atoms with Gasteiger partial charge >= 0.3 is 17.9 Å². The number of ether oxygens (including phenoxy) is 3. The largest absolute Gasteiger partial charge is 0.481 e. The van der Waals surface area contributed by atoms with Gasteiger partial charge in [0.2, 0.25) is 17.7 Å². The van der Waals surface area contributed by atoms with Crippen LogP contribution in [0.5, 0.6) is 0 Å². The van der Waals surface area contributed by atoms with Crippen LogP contribution >= 0.6 is 0 Å². The lowest BCUT2D eigenvalue weighted by Crippen LogP contribution is -2.29. The molecular weight excluding hydrogens is 678 g/mol. The molecule has 1 unspecified atom stereocenters. The highest BCUT2D eigenvalue weighted by Crippen LogP contribution is 2.08. The molecule has 0 fully saturated rings. The summed E-state index contributed by atoms with van der Waals surface area (Å²) >= 11 is 0. The first-order valence-corrected chi connectivity index (χ1v) is 19.3. The number of hydrogen-bond donors (Lipinski definition) is 6. The number of carboxylic acids is 3. The number of carbonyl (C=O) groups is 6. The molecule has 6 N–H and O–H groups in total. The lowest BCUT2D eigenvalue weighted by Gasteiger charge is -2.18. The predicted octanol–water partition coefficient (Wildman–Crippen LogP) is 4.59. The van der Waals surface area contributed by atoms with Crippen LogP contribution < -0.4 is 16.0 Å². The molecule has 15 heteroatoms. The zero-order valence-corrected chi connectivity index (χ0v) is 31.3. The highest BCUT2D eigenvalue weighted by Gasteiger charge is 2.13. The Bertz CT molecular complexity index is 966. The van der Waals surface area contributed by atoms with Crippen LogP contribution in [-0.4, -0.2) is 110 Å². The lowest BCUT2D eigenvalue weighted by atomic mass is 10.1. The summed E-state index contributed by atoms with van der Waals surface area (Å²) in [7, 11) is 0. The maximum atomic E-state index is 12.3. The molecule has 0 rings (SSSR count). The van der Waals surface area contributed by atoms with E-state index in [1.165, 1.54) is 0 Å². The topological polar surface area (TPSA) is 227 Å². The highest BCUT2D eigenvalue weighted by atomic mass is 16.5. The second-order valence-corrected chi connectivity index (χ2v) is 13.0. The summed E-state index contributed by atoms with van der Waals surface area (Å²) in [5, 5.41) is 34.6. The number of rotatable bonds is 39. The van der Waals surface area contributed by atoms with Gasteiger partial charge in [0.15, 0.2) is 0 Å². The van der Waals surface area contributed by atoms with Gasteiger partial charge in [-0.1, -0.05) is 57.8 Å². The van der Waals surface area contributed by atoms with Crippen molar-refractivity contribution in [2.45, 2.75) is 147 Å². The normalized spacial score (nSPS) is 11.5. The van der Waals surface area contributed by atoms with Crippen molar-refractivity contribution < 1.29 is 58.3 Å². The maximum absolute atomic E-state index is 12.3. The molecule has 1 atom stereocenters. The first-order chi connectivity index (χ1) is 25.1. The Kier molecular flexibility index (Phi) is 33.8. The van der Waals surface area contributed by atoms with Crippen molar-refractivity contribution in [2.75, 3.05) is 52.7 Å². The number of amides is 3. The molecule has 0 aromatic heterocycles. The second kappa shape index (κ2) is 36.1. The Morgan fingerprint density at radius 2 is 0.750 bits per heavy atom. The Balaban J connectivity index is 4.30. The Hall–Kier alpha value is -3.30. The monoisotopic (exact) mass is 745 g/mol. The lowest BCUT2D eigenvalue weighted by molar-refractivity contribution is -0.138. The van der Waals surface area contributed by atoms with Gasteiger partial charge in [0.05, 0.1) is 32.5 Å². The van der Waals surface area contributed by atoms with Gasteiger partial charge in [-0.25, -0.2) is 0 Å². The molecule has 0 bridgehead atoms. The van der Waals surface area contributed by atoms with E-state index in [0.717, 1.165) is 77.0 Å². The molecule has 0 heterocycles. The van der Waals surface area contributed by atoms with Gasteiger partial charge in [-0.05, 0) is 44.9 Å². The van der Waals surface area contributed by atoms with Crippen LogP contribution in [0.25, 0.3) is 0 Å². The number of unbranched alkanes of at least 4 members (excludes halogenated alkanes) is 12. The Morgan fingerprint density at radius 3 is 1.15 bits per heavy atom. The number of aliphatic carboxylic acids is 3. The number of nitrogens with one attached hydrogen (secondary N) is 3. The summed E-state index contributed by atoms with van der Waals surface area (Å²) in [6, 6.07) is 0. The van der Waals surface area contributed by atoms with Crippen molar-refractivity contribution in [1.29, 1.82) is 0 Å². The summed E-state index contributed by atoms with van der Waals surface area (Å²) in [6.07, 6.45) is 13.9. The summed E-state index contributed by atoms with van der Waals surface area (Å²) < 4.78 is 17.3. The Morgan fingerprint density at radius 1 is 0.404 bits per heavy atom. The van der Waals surface area contributed by atoms with Gasteiger partial charge in [0.1, 0.15) is 0 Å². The van der Waals surface area contributed by atoms with E-state index in [1.807, 2.05) is 0 Å². The average molecular weight is 746 g/mol.